The molecule has 6 heteroatoms. The third-order valence-electron chi connectivity index (χ3n) is 12.4. The quantitative estimate of drug-likeness (QED) is 0.162. The van der Waals surface area contributed by atoms with Crippen molar-refractivity contribution in [2.45, 2.75) is 0 Å². The molecule has 0 aliphatic rings. The lowest BCUT2D eigenvalue weighted by Gasteiger charge is -2.14. The molecule has 0 bridgehead atoms. The monoisotopic (exact) mass is 802 g/mol. The van der Waals surface area contributed by atoms with Crippen LogP contribution in [-0.4, -0.2) is 29.3 Å². The van der Waals surface area contributed by atoms with Crippen LogP contribution in [0.1, 0.15) is 0 Å². The maximum absolute atomic E-state index is 5.37. The number of hydrogen-bond donors (Lipinski definition) is 0. The van der Waals surface area contributed by atoms with Gasteiger partial charge in [-0.15, -0.1) is 0 Å². The SMILES string of the molecule is c1cc(-c2cccc(-c3nc4ccccc4c4nc5ccccn5c34)c2)cc(-c2nc(-c3cc4ccccc4c4ccccc34)nc(-c3cc4ccccc4c4ccccc34)n2)c1. The second-order valence-electron chi connectivity index (χ2n) is 16.1. The summed E-state index contributed by atoms with van der Waals surface area (Å²) in [5.74, 6) is 1.85. The smallest absolute Gasteiger partial charge is 0.164 e. The zero-order chi connectivity index (χ0) is 41.4. The van der Waals surface area contributed by atoms with Crippen LogP contribution < -0.4 is 0 Å². The van der Waals surface area contributed by atoms with Crippen molar-refractivity contribution in [2.24, 2.45) is 0 Å². The van der Waals surface area contributed by atoms with Gasteiger partial charge in [-0.3, -0.25) is 4.40 Å². The Labute approximate surface area is 361 Å². The van der Waals surface area contributed by atoms with Gasteiger partial charge in [0.15, 0.2) is 17.5 Å². The van der Waals surface area contributed by atoms with Crippen molar-refractivity contribution >= 4 is 70.7 Å². The lowest BCUT2D eigenvalue weighted by atomic mass is 9.96. The molecule has 4 heterocycles. The van der Waals surface area contributed by atoms with E-state index in [1.54, 1.807) is 0 Å². The van der Waals surface area contributed by atoms with Crippen LogP contribution in [0.15, 0.2) is 206 Å². The summed E-state index contributed by atoms with van der Waals surface area (Å²) in [6, 6.07) is 70.1. The van der Waals surface area contributed by atoms with Gasteiger partial charge in [-0.2, -0.15) is 0 Å². The third-order valence-corrected chi connectivity index (χ3v) is 12.4. The molecule has 0 saturated carbocycles. The van der Waals surface area contributed by atoms with Gasteiger partial charge in [0.25, 0.3) is 0 Å². The van der Waals surface area contributed by atoms with E-state index >= 15 is 0 Å². The topological polar surface area (TPSA) is 68.9 Å². The van der Waals surface area contributed by atoms with E-state index in [-0.39, 0.29) is 0 Å². The number of imidazole rings is 1. The number of pyridine rings is 2. The van der Waals surface area contributed by atoms with E-state index < -0.39 is 0 Å². The van der Waals surface area contributed by atoms with Crippen molar-refractivity contribution in [1.29, 1.82) is 0 Å². The largest absolute Gasteiger partial charge is 0.298 e. The molecule has 6 nitrogen and oxygen atoms in total. The highest BCUT2D eigenvalue weighted by molar-refractivity contribution is 6.15. The fourth-order valence-corrected chi connectivity index (χ4v) is 9.46. The van der Waals surface area contributed by atoms with Crippen molar-refractivity contribution in [3.8, 4) is 56.5 Å². The predicted molar refractivity (Wildman–Crippen MR) is 259 cm³/mol. The van der Waals surface area contributed by atoms with Crippen LogP contribution >= 0.6 is 0 Å². The van der Waals surface area contributed by atoms with Gasteiger partial charge in [-0.05, 0) is 96.7 Å². The highest BCUT2D eigenvalue weighted by atomic mass is 15.0. The van der Waals surface area contributed by atoms with Crippen molar-refractivity contribution in [2.75, 3.05) is 0 Å². The Balaban J connectivity index is 1.01. The average Bonchev–Trinajstić information content (AvgIpc) is 3.76. The first kappa shape index (κ1) is 35.2. The number of para-hydroxylation sites is 1. The minimum atomic E-state index is 0.603. The molecule has 0 aliphatic heterocycles. The van der Waals surface area contributed by atoms with Gasteiger partial charge in [0.1, 0.15) is 11.2 Å². The van der Waals surface area contributed by atoms with Gasteiger partial charge in [0.2, 0.25) is 0 Å². The molecular weight excluding hydrogens is 769 g/mol. The second kappa shape index (κ2) is 14.0. The first-order valence-electron chi connectivity index (χ1n) is 21.2. The second-order valence-corrected chi connectivity index (χ2v) is 16.1. The lowest BCUT2D eigenvalue weighted by Crippen LogP contribution is -2.01. The fourth-order valence-electron chi connectivity index (χ4n) is 9.46. The fraction of sp³-hybridized carbons (Fsp3) is 0. The Kier molecular flexibility index (Phi) is 7.80. The summed E-state index contributed by atoms with van der Waals surface area (Å²) < 4.78 is 2.14. The summed E-state index contributed by atoms with van der Waals surface area (Å²) in [5, 5.41) is 10.2. The molecule has 13 rings (SSSR count). The van der Waals surface area contributed by atoms with Gasteiger partial charge >= 0.3 is 0 Å². The van der Waals surface area contributed by atoms with Gasteiger partial charge in [0, 0.05) is 33.8 Å². The van der Waals surface area contributed by atoms with E-state index in [2.05, 4.69) is 180 Å². The van der Waals surface area contributed by atoms with Crippen LogP contribution in [-0.2, 0) is 0 Å². The number of hydrogen-bond acceptors (Lipinski definition) is 5. The maximum atomic E-state index is 5.37. The minimum absolute atomic E-state index is 0.603. The summed E-state index contributed by atoms with van der Waals surface area (Å²) in [5.41, 5.74) is 10.5. The van der Waals surface area contributed by atoms with Gasteiger partial charge in [-0.25, -0.2) is 24.9 Å². The van der Waals surface area contributed by atoms with Crippen LogP contribution in [0.5, 0.6) is 0 Å². The van der Waals surface area contributed by atoms with Crippen LogP contribution in [0.25, 0.3) is 127 Å². The van der Waals surface area contributed by atoms with E-state index in [1.165, 1.54) is 10.8 Å². The molecule has 0 unspecified atom stereocenters. The molecule has 63 heavy (non-hydrogen) atoms. The van der Waals surface area contributed by atoms with E-state index in [9.17, 15) is 0 Å². The molecule has 9 aromatic carbocycles. The molecule has 0 aliphatic carbocycles. The van der Waals surface area contributed by atoms with Gasteiger partial charge in [-0.1, -0.05) is 158 Å². The van der Waals surface area contributed by atoms with E-state index in [4.69, 9.17) is 24.9 Å². The predicted octanol–water partition coefficient (Wildman–Crippen LogP) is 14.2. The molecule has 292 valence electrons. The number of rotatable bonds is 5. The Morgan fingerprint density at radius 1 is 0.317 bits per heavy atom. The average molecular weight is 803 g/mol. The summed E-state index contributed by atoms with van der Waals surface area (Å²) in [6.45, 7) is 0. The van der Waals surface area contributed by atoms with Crippen LogP contribution in [0, 0.1) is 0 Å². The van der Waals surface area contributed by atoms with Gasteiger partial charge in [0.05, 0.1) is 16.7 Å². The molecule has 0 atom stereocenters. The van der Waals surface area contributed by atoms with E-state index in [0.29, 0.717) is 17.5 Å². The minimum Gasteiger partial charge on any atom is -0.298 e. The molecule has 0 amide bonds. The molecule has 0 spiro atoms. The van der Waals surface area contributed by atoms with Crippen molar-refractivity contribution in [3.05, 3.63) is 206 Å². The normalized spacial score (nSPS) is 11.8. The van der Waals surface area contributed by atoms with Crippen LogP contribution in [0.2, 0.25) is 0 Å². The molecule has 0 N–H and O–H groups in total. The lowest BCUT2D eigenvalue weighted by molar-refractivity contribution is 1.08. The first-order valence-corrected chi connectivity index (χ1v) is 21.2. The Morgan fingerprint density at radius 2 is 0.810 bits per heavy atom. The summed E-state index contributed by atoms with van der Waals surface area (Å²) in [7, 11) is 0. The maximum Gasteiger partial charge on any atom is 0.164 e. The van der Waals surface area contributed by atoms with E-state index in [1.807, 2.05) is 30.3 Å². The molecular formula is C57H34N6. The Bertz CT molecular complexity index is 3860. The first-order chi connectivity index (χ1) is 31.2. The number of aromatic nitrogens is 6. The zero-order valence-electron chi connectivity index (χ0n) is 33.8. The van der Waals surface area contributed by atoms with Crippen LogP contribution in [0.3, 0.4) is 0 Å². The molecule has 4 aromatic heterocycles. The van der Waals surface area contributed by atoms with Crippen molar-refractivity contribution < 1.29 is 0 Å². The molecule has 0 fully saturated rings. The van der Waals surface area contributed by atoms with Crippen LogP contribution in [0.4, 0.5) is 0 Å². The molecule has 13 aromatic rings. The Morgan fingerprint density at radius 3 is 1.46 bits per heavy atom. The number of fused-ring (bicyclic) bond motifs is 11. The van der Waals surface area contributed by atoms with Crippen molar-refractivity contribution in [3.63, 3.8) is 0 Å². The highest BCUT2D eigenvalue weighted by Gasteiger charge is 2.20. The number of nitrogens with zero attached hydrogens (tertiary/aromatic N) is 6. The molecule has 0 saturated heterocycles. The summed E-state index contributed by atoms with van der Waals surface area (Å²) >= 11 is 0. The zero-order valence-corrected chi connectivity index (χ0v) is 33.8. The molecule has 0 radical (unpaired) electrons. The standard InChI is InChI=1S/C57H34N6/c1-3-21-41-37(15-1)33-48(45-25-7-5-23-43(41)45)56-60-55(61-57(62-56)49-34-38-16-2-4-22-42(38)44-24-6-8-26-46(44)49)40-20-14-18-36(32-40)35-17-13-19-39(31-35)52-54-53(47-27-9-10-28-50(47)58-52)59-51-29-11-12-30-63(51)54/h1-34H. The summed E-state index contributed by atoms with van der Waals surface area (Å²) in [4.78, 5) is 26.4. The van der Waals surface area contributed by atoms with E-state index in [0.717, 1.165) is 99.0 Å². The summed E-state index contributed by atoms with van der Waals surface area (Å²) in [6.07, 6.45) is 2.07. The third kappa shape index (κ3) is 5.69. The Hall–Kier alpha value is -8.61. The van der Waals surface area contributed by atoms with Crippen molar-refractivity contribution in [1.82, 2.24) is 29.3 Å². The van der Waals surface area contributed by atoms with Gasteiger partial charge < -0.3 is 0 Å². The highest BCUT2D eigenvalue weighted by Crippen LogP contribution is 2.39. The number of benzene rings is 9.